The Labute approximate surface area is 111 Å². The molecule has 2 saturated carbocycles. The van der Waals surface area contributed by atoms with Gasteiger partial charge in [0, 0.05) is 11.6 Å². The Balaban J connectivity index is 1.85. The molecule has 0 spiro atoms. The third-order valence-electron chi connectivity index (χ3n) is 4.64. The molecule has 3 rings (SSSR count). The molecule has 2 aliphatic carbocycles. The first-order chi connectivity index (χ1) is 8.59. The van der Waals surface area contributed by atoms with Crippen molar-refractivity contribution in [2.45, 2.75) is 38.0 Å². The fourth-order valence-electron chi connectivity index (χ4n) is 3.58. The maximum Gasteiger partial charge on any atom is 0.130 e. The highest BCUT2D eigenvalue weighted by Crippen LogP contribution is 2.62. The van der Waals surface area contributed by atoms with Crippen molar-refractivity contribution >= 4 is 11.6 Å². The predicted octanol–water partition coefficient (Wildman–Crippen LogP) is 4.99. The van der Waals surface area contributed by atoms with Crippen molar-refractivity contribution in [3.8, 4) is 0 Å². The van der Waals surface area contributed by atoms with Gasteiger partial charge >= 0.3 is 0 Å². The lowest BCUT2D eigenvalue weighted by molar-refractivity contribution is 0.480. The molecule has 0 heterocycles. The van der Waals surface area contributed by atoms with Crippen LogP contribution in [-0.2, 0) is 0 Å². The lowest BCUT2D eigenvalue weighted by atomic mass is 10.0. The summed E-state index contributed by atoms with van der Waals surface area (Å²) in [5.74, 6) is 0.751. The van der Waals surface area contributed by atoms with Crippen LogP contribution in [0.5, 0.6) is 0 Å². The minimum Gasteiger partial charge on any atom is -0.207 e. The minimum absolute atomic E-state index is 0.294. The summed E-state index contributed by atoms with van der Waals surface area (Å²) in [7, 11) is 0. The van der Waals surface area contributed by atoms with Gasteiger partial charge in [-0.1, -0.05) is 12.8 Å². The van der Waals surface area contributed by atoms with Gasteiger partial charge in [-0.05, 0) is 49.1 Å². The molecule has 2 fully saturated rings. The van der Waals surface area contributed by atoms with Crippen molar-refractivity contribution in [2.24, 2.45) is 17.8 Å². The first kappa shape index (κ1) is 12.4. The Morgan fingerprint density at radius 2 is 1.72 bits per heavy atom. The summed E-state index contributed by atoms with van der Waals surface area (Å²) in [5, 5.41) is -0.294. The van der Waals surface area contributed by atoms with E-state index in [1.165, 1.54) is 25.7 Å². The van der Waals surface area contributed by atoms with Gasteiger partial charge in [0.05, 0.1) is 5.38 Å². The van der Waals surface area contributed by atoms with E-state index in [2.05, 4.69) is 0 Å². The number of halogens is 3. The zero-order chi connectivity index (χ0) is 12.9. The van der Waals surface area contributed by atoms with Gasteiger partial charge in [0.15, 0.2) is 0 Å². The Morgan fingerprint density at radius 3 is 2.33 bits per heavy atom. The Hall–Kier alpha value is -0.630. The second-order valence-corrected chi connectivity index (χ2v) is 6.18. The van der Waals surface area contributed by atoms with Crippen LogP contribution < -0.4 is 0 Å². The number of rotatable bonds is 2. The zero-order valence-electron chi connectivity index (χ0n) is 10.4. The Morgan fingerprint density at radius 1 is 1.11 bits per heavy atom. The summed E-state index contributed by atoms with van der Waals surface area (Å²) in [6, 6.07) is 2.54. The number of alkyl halides is 1. The molecule has 0 saturated heterocycles. The molecule has 0 aromatic heterocycles. The van der Waals surface area contributed by atoms with Crippen LogP contribution in [0.25, 0.3) is 0 Å². The number of aryl methyl sites for hydroxylation is 1. The number of fused-ring (bicyclic) bond motifs is 1. The van der Waals surface area contributed by atoms with Gasteiger partial charge in [0.25, 0.3) is 0 Å². The number of hydrogen-bond acceptors (Lipinski definition) is 0. The van der Waals surface area contributed by atoms with E-state index in [0.717, 1.165) is 6.07 Å². The molecule has 0 nitrogen and oxygen atoms in total. The van der Waals surface area contributed by atoms with E-state index in [4.69, 9.17) is 11.6 Å². The van der Waals surface area contributed by atoms with Gasteiger partial charge in [0.2, 0.25) is 0 Å². The third kappa shape index (κ3) is 1.95. The van der Waals surface area contributed by atoms with Crippen molar-refractivity contribution in [3.63, 3.8) is 0 Å². The normalized spacial score (nSPS) is 31.9. The third-order valence-corrected chi connectivity index (χ3v) is 5.16. The first-order valence-electron chi connectivity index (χ1n) is 6.69. The van der Waals surface area contributed by atoms with Crippen LogP contribution in [-0.4, -0.2) is 0 Å². The van der Waals surface area contributed by atoms with Crippen LogP contribution in [0.4, 0.5) is 8.78 Å². The molecule has 0 N–H and O–H groups in total. The summed E-state index contributed by atoms with van der Waals surface area (Å²) >= 11 is 6.45. The predicted molar refractivity (Wildman–Crippen MR) is 68.6 cm³/mol. The van der Waals surface area contributed by atoms with Crippen molar-refractivity contribution in [2.75, 3.05) is 0 Å². The second kappa shape index (κ2) is 4.48. The molecular weight excluding hydrogens is 254 g/mol. The first-order valence-corrected chi connectivity index (χ1v) is 7.13. The molecule has 0 bridgehead atoms. The van der Waals surface area contributed by atoms with Crippen molar-refractivity contribution in [1.82, 2.24) is 0 Å². The average molecular weight is 271 g/mol. The average Bonchev–Trinajstić information content (AvgIpc) is 3.07. The fraction of sp³-hybridized carbons (Fsp3) is 0.600. The molecule has 0 radical (unpaired) electrons. The van der Waals surface area contributed by atoms with E-state index < -0.39 is 11.6 Å². The van der Waals surface area contributed by atoms with Crippen LogP contribution in [0.15, 0.2) is 12.1 Å². The van der Waals surface area contributed by atoms with Gasteiger partial charge in [-0.15, -0.1) is 11.6 Å². The van der Waals surface area contributed by atoms with Crippen molar-refractivity contribution in [3.05, 3.63) is 34.9 Å². The van der Waals surface area contributed by atoms with Crippen LogP contribution in [0, 0.1) is 36.3 Å². The van der Waals surface area contributed by atoms with E-state index in [0.29, 0.717) is 28.9 Å². The largest absolute Gasteiger partial charge is 0.207 e. The van der Waals surface area contributed by atoms with Gasteiger partial charge in [-0.2, -0.15) is 0 Å². The second-order valence-electron chi connectivity index (χ2n) is 5.71. The topological polar surface area (TPSA) is 0 Å². The number of hydrogen-bond donors (Lipinski definition) is 0. The van der Waals surface area contributed by atoms with E-state index in [1.54, 1.807) is 13.0 Å². The monoisotopic (exact) mass is 270 g/mol. The summed E-state index contributed by atoms with van der Waals surface area (Å²) in [6.45, 7) is 1.65. The lowest BCUT2D eigenvalue weighted by Gasteiger charge is -2.12. The lowest BCUT2D eigenvalue weighted by Crippen LogP contribution is -2.01. The molecule has 18 heavy (non-hydrogen) atoms. The fourth-order valence-corrected chi connectivity index (χ4v) is 4.12. The molecule has 3 unspecified atom stereocenters. The molecule has 2 aliphatic rings. The molecule has 1 aromatic carbocycles. The van der Waals surface area contributed by atoms with Gasteiger partial charge in [-0.25, -0.2) is 8.78 Å². The van der Waals surface area contributed by atoms with Gasteiger partial charge in [-0.3, -0.25) is 0 Å². The molecule has 1 aromatic rings. The Kier molecular flexibility index (Phi) is 3.09. The van der Waals surface area contributed by atoms with E-state index in [9.17, 15) is 8.78 Å². The maximum atomic E-state index is 13.8. The van der Waals surface area contributed by atoms with E-state index in [-0.39, 0.29) is 5.38 Å². The van der Waals surface area contributed by atoms with Crippen LogP contribution in [0.3, 0.4) is 0 Å². The highest BCUT2D eigenvalue weighted by molar-refractivity contribution is 6.21. The van der Waals surface area contributed by atoms with Crippen LogP contribution >= 0.6 is 11.6 Å². The summed E-state index contributed by atoms with van der Waals surface area (Å²) in [4.78, 5) is 0. The summed E-state index contributed by atoms with van der Waals surface area (Å²) in [6.07, 6.45) is 4.99. The highest BCUT2D eigenvalue weighted by Gasteiger charge is 2.54. The van der Waals surface area contributed by atoms with E-state index in [1.807, 2.05) is 0 Å². The van der Waals surface area contributed by atoms with Gasteiger partial charge in [0.1, 0.15) is 11.6 Å². The molecule has 98 valence electrons. The Bertz CT molecular complexity index is 460. The molecule has 0 aliphatic heterocycles. The minimum atomic E-state index is -0.498. The van der Waals surface area contributed by atoms with E-state index >= 15 is 0 Å². The van der Waals surface area contributed by atoms with Crippen LogP contribution in [0.1, 0.15) is 42.2 Å². The summed E-state index contributed by atoms with van der Waals surface area (Å²) in [5.41, 5.74) is 0.954. The molecule has 3 atom stereocenters. The highest BCUT2D eigenvalue weighted by atomic mass is 35.5. The SMILES string of the molecule is Cc1cc(C(Cl)C2C3CCCCC32)c(F)cc1F. The number of benzene rings is 1. The standard InChI is InChI=1S/C15H17ClF2/c1-8-6-11(13(18)7-12(8)17)15(16)14-9-4-2-3-5-10(9)14/h6-7,9-10,14-15H,2-5H2,1H3. The quantitative estimate of drug-likeness (QED) is 0.664. The summed E-state index contributed by atoms with van der Waals surface area (Å²) < 4.78 is 27.1. The van der Waals surface area contributed by atoms with Gasteiger partial charge < -0.3 is 0 Å². The van der Waals surface area contributed by atoms with Crippen molar-refractivity contribution < 1.29 is 8.78 Å². The molecule has 0 amide bonds. The zero-order valence-corrected chi connectivity index (χ0v) is 11.2. The smallest absolute Gasteiger partial charge is 0.130 e. The molecular formula is C15H17ClF2. The molecule has 3 heteroatoms. The van der Waals surface area contributed by atoms with Crippen LogP contribution in [0.2, 0.25) is 0 Å². The van der Waals surface area contributed by atoms with Crippen molar-refractivity contribution in [1.29, 1.82) is 0 Å². The maximum absolute atomic E-state index is 13.8.